The lowest BCUT2D eigenvalue weighted by Gasteiger charge is -2.26. The highest BCUT2D eigenvalue weighted by Crippen LogP contribution is 2.18. The number of primary amides is 1. The maximum Gasteiger partial charge on any atom is 0.407 e. The van der Waals surface area contributed by atoms with Crippen molar-refractivity contribution in [3.63, 3.8) is 0 Å². The Balaban J connectivity index is 2.89. The number of rotatable bonds is 2. The summed E-state index contributed by atoms with van der Waals surface area (Å²) in [5.41, 5.74) is 5.02. The van der Waals surface area contributed by atoms with Crippen LogP contribution in [0.5, 0.6) is 0 Å². The fourth-order valence-electron chi connectivity index (χ4n) is 1.60. The molecule has 0 aromatic heterocycles. The first-order valence-corrected chi connectivity index (χ1v) is 4.66. The molecule has 7 heteroatoms. The van der Waals surface area contributed by atoms with Crippen molar-refractivity contribution in [2.75, 3.05) is 7.11 Å². The fourth-order valence-corrected chi connectivity index (χ4v) is 1.60. The van der Waals surface area contributed by atoms with E-state index in [4.69, 9.17) is 5.73 Å². The largest absolute Gasteiger partial charge is 0.453 e. The second kappa shape index (κ2) is 4.73. The third kappa shape index (κ3) is 2.36. The van der Waals surface area contributed by atoms with Gasteiger partial charge in [0.05, 0.1) is 7.11 Å². The molecule has 0 heterocycles. The first kappa shape index (κ1) is 12.2. The number of carbonyl (C=O) groups is 4. The minimum absolute atomic E-state index is 0.00270. The molecular weight excluding hydrogens is 216 g/mol. The van der Waals surface area contributed by atoms with Gasteiger partial charge >= 0.3 is 6.09 Å². The Morgan fingerprint density at radius 3 is 2.38 bits per heavy atom. The zero-order valence-electron chi connectivity index (χ0n) is 8.69. The maximum atomic E-state index is 11.5. The van der Waals surface area contributed by atoms with Crippen molar-refractivity contribution in [3.8, 4) is 0 Å². The van der Waals surface area contributed by atoms with Crippen LogP contribution in [-0.2, 0) is 19.1 Å². The molecule has 0 spiro atoms. The van der Waals surface area contributed by atoms with Crippen LogP contribution < -0.4 is 11.1 Å². The van der Waals surface area contributed by atoms with Crippen LogP contribution in [0.2, 0.25) is 0 Å². The molecule has 0 bridgehead atoms. The van der Waals surface area contributed by atoms with Crippen molar-refractivity contribution in [1.29, 1.82) is 0 Å². The van der Waals surface area contributed by atoms with Crippen LogP contribution in [0.3, 0.4) is 0 Å². The number of methoxy groups -OCH3 is 1. The summed E-state index contributed by atoms with van der Waals surface area (Å²) < 4.78 is 4.30. The normalized spacial score (nSPS) is 25.1. The van der Waals surface area contributed by atoms with Crippen molar-refractivity contribution in [3.05, 3.63) is 0 Å². The van der Waals surface area contributed by atoms with Gasteiger partial charge < -0.3 is 15.8 Å². The highest BCUT2D eigenvalue weighted by Gasteiger charge is 2.42. The maximum absolute atomic E-state index is 11.5. The van der Waals surface area contributed by atoms with Crippen molar-refractivity contribution in [2.45, 2.75) is 18.9 Å². The summed E-state index contributed by atoms with van der Waals surface area (Å²) in [4.78, 5) is 44.9. The number of Topliss-reactive ketones (excluding diaryl/α,β-unsaturated/α-hetero) is 2. The Hall–Kier alpha value is -1.92. The summed E-state index contributed by atoms with van der Waals surface area (Å²) in [6.45, 7) is 0. The Morgan fingerprint density at radius 2 is 1.88 bits per heavy atom. The molecule has 0 aromatic carbocycles. The summed E-state index contributed by atoms with van der Waals surface area (Å²) >= 11 is 0. The first-order valence-electron chi connectivity index (χ1n) is 4.66. The molecule has 2 amide bonds. The van der Waals surface area contributed by atoms with Crippen molar-refractivity contribution in [2.24, 2.45) is 11.7 Å². The molecule has 0 unspecified atom stereocenters. The topological polar surface area (TPSA) is 116 Å². The standard InChI is InChI=1S/C9H12N2O5/c1-16-9(15)11-7-5(13)3-2-4(12)6(7)8(10)14/h6-7H,2-3H2,1H3,(H2,10,14)(H,11,15)/t6-,7+/m0/s1. The number of ether oxygens (including phenoxy) is 1. The second-order valence-electron chi connectivity index (χ2n) is 3.43. The molecule has 1 aliphatic rings. The molecule has 2 atom stereocenters. The monoisotopic (exact) mass is 228 g/mol. The van der Waals surface area contributed by atoms with Crippen LogP contribution in [0.15, 0.2) is 0 Å². The van der Waals surface area contributed by atoms with Gasteiger partial charge in [-0.25, -0.2) is 4.79 Å². The van der Waals surface area contributed by atoms with Gasteiger partial charge in [0.2, 0.25) is 5.91 Å². The van der Waals surface area contributed by atoms with Gasteiger partial charge in [0, 0.05) is 12.8 Å². The predicted molar refractivity (Wildman–Crippen MR) is 51.3 cm³/mol. The van der Waals surface area contributed by atoms with E-state index in [2.05, 4.69) is 10.1 Å². The van der Waals surface area contributed by atoms with Gasteiger partial charge in [-0.15, -0.1) is 0 Å². The van der Waals surface area contributed by atoms with E-state index in [0.29, 0.717) is 0 Å². The van der Waals surface area contributed by atoms with Crippen molar-refractivity contribution < 1.29 is 23.9 Å². The average molecular weight is 228 g/mol. The quantitative estimate of drug-likeness (QED) is 0.572. The number of carbonyl (C=O) groups excluding carboxylic acids is 4. The van der Waals surface area contributed by atoms with Crippen LogP contribution in [0, 0.1) is 5.92 Å². The Morgan fingerprint density at radius 1 is 1.31 bits per heavy atom. The molecule has 1 fully saturated rings. The zero-order chi connectivity index (χ0) is 12.3. The number of amides is 2. The lowest BCUT2D eigenvalue weighted by Crippen LogP contribution is -2.55. The van der Waals surface area contributed by atoms with E-state index in [1.54, 1.807) is 0 Å². The van der Waals surface area contributed by atoms with E-state index < -0.39 is 35.5 Å². The van der Waals surface area contributed by atoms with Gasteiger partial charge in [-0.05, 0) is 0 Å². The van der Waals surface area contributed by atoms with E-state index in [1.165, 1.54) is 0 Å². The number of nitrogens with two attached hydrogens (primary N) is 1. The van der Waals surface area contributed by atoms with Gasteiger partial charge in [0.25, 0.3) is 0 Å². The van der Waals surface area contributed by atoms with Crippen LogP contribution in [0.25, 0.3) is 0 Å². The Labute approximate surface area is 91.3 Å². The lowest BCUT2D eigenvalue weighted by atomic mass is 9.82. The molecule has 1 rings (SSSR count). The van der Waals surface area contributed by atoms with E-state index in [-0.39, 0.29) is 12.8 Å². The molecular formula is C9H12N2O5. The Kier molecular flexibility index (Phi) is 3.60. The fraction of sp³-hybridized carbons (Fsp3) is 0.556. The first-order chi connectivity index (χ1) is 7.47. The summed E-state index contributed by atoms with van der Waals surface area (Å²) in [7, 11) is 1.11. The molecule has 88 valence electrons. The molecule has 0 aromatic rings. The second-order valence-corrected chi connectivity index (χ2v) is 3.43. The van der Waals surface area contributed by atoms with Crippen molar-refractivity contribution >= 4 is 23.6 Å². The predicted octanol–water partition coefficient (Wildman–Crippen LogP) is -1.26. The number of hydrogen-bond acceptors (Lipinski definition) is 5. The summed E-state index contributed by atoms with van der Waals surface area (Å²) in [5.74, 6) is -3.04. The number of alkyl carbamates (subject to hydrolysis) is 1. The molecule has 0 saturated heterocycles. The molecule has 1 aliphatic carbocycles. The molecule has 7 nitrogen and oxygen atoms in total. The molecule has 0 radical (unpaired) electrons. The molecule has 0 aliphatic heterocycles. The van der Waals surface area contributed by atoms with E-state index in [0.717, 1.165) is 7.11 Å². The van der Waals surface area contributed by atoms with E-state index in [1.807, 2.05) is 0 Å². The van der Waals surface area contributed by atoms with Gasteiger partial charge in [-0.3, -0.25) is 14.4 Å². The number of nitrogens with one attached hydrogen (secondary N) is 1. The van der Waals surface area contributed by atoms with E-state index >= 15 is 0 Å². The van der Waals surface area contributed by atoms with Gasteiger partial charge in [-0.2, -0.15) is 0 Å². The van der Waals surface area contributed by atoms with Crippen LogP contribution in [0.4, 0.5) is 4.79 Å². The van der Waals surface area contributed by atoms with Crippen LogP contribution in [0.1, 0.15) is 12.8 Å². The van der Waals surface area contributed by atoms with Gasteiger partial charge in [-0.1, -0.05) is 0 Å². The third-order valence-corrected chi connectivity index (χ3v) is 2.41. The average Bonchev–Trinajstić information content (AvgIpc) is 2.22. The summed E-state index contributed by atoms with van der Waals surface area (Å²) in [5, 5.41) is 2.15. The minimum Gasteiger partial charge on any atom is -0.453 e. The third-order valence-electron chi connectivity index (χ3n) is 2.41. The molecule has 16 heavy (non-hydrogen) atoms. The van der Waals surface area contributed by atoms with Crippen LogP contribution in [-0.4, -0.2) is 36.7 Å². The molecule has 1 saturated carbocycles. The smallest absolute Gasteiger partial charge is 0.407 e. The Bertz CT molecular complexity index is 352. The molecule has 3 N–H and O–H groups in total. The van der Waals surface area contributed by atoms with E-state index in [9.17, 15) is 19.2 Å². The highest BCUT2D eigenvalue weighted by atomic mass is 16.5. The SMILES string of the molecule is COC(=O)N[C@@H]1C(=O)CCC(=O)[C@@H]1C(N)=O. The zero-order valence-corrected chi connectivity index (χ0v) is 8.69. The van der Waals surface area contributed by atoms with Crippen molar-refractivity contribution in [1.82, 2.24) is 5.32 Å². The van der Waals surface area contributed by atoms with Gasteiger partial charge in [0.1, 0.15) is 17.7 Å². The highest BCUT2D eigenvalue weighted by molar-refractivity contribution is 6.10. The van der Waals surface area contributed by atoms with Crippen LogP contribution >= 0.6 is 0 Å². The van der Waals surface area contributed by atoms with Gasteiger partial charge in [0.15, 0.2) is 5.78 Å². The number of ketones is 2. The minimum atomic E-state index is -1.29. The summed E-state index contributed by atoms with van der Waals surface area (Å²) in [6.07, 6.45) is -0.900. The lowest BCUT2D eigenvalue weighted by molar-refractivity contribution is -0.141. The summed E-state index contributed by atoms with van der Waals surface area (Å²) in [6, 6.07) is -1.20. The number of hydrogen-bond donors (Lipinski definition) is 2.